The van der Waals surface area contributed by atoms with Gasteiger partial charge >= 0.3 is 0 Å². The van der Waals surface area contributed by atoms with Crippen molar-refractivity contribution in [1.82, 2.24) is 20.4 Å². The fourth-order valence-electron chi connectivity index (χ4n) is 2.06. The fraction of sp³-hybridized carbons (Fsp3) is 0.727. The largest absolute Gasteiger partial charge is 0.310 e. The molecule has 0 saturated carbocycles. The van der Waals surface area contributed by atoms with E-state index in [0.29, 0.717) is 0 Å². The summed E-state index contributed by atoms with van der Waals surface area (Å²) in [5.41, 5.74) is 1.12. The van der Waals surface area contributed by atoms with Crippen molar-refractivity contribution in [1.29, 1.82) is 0 Å². The Bertz CT molecular complexity index is 307. The number of nitrogens with one attached hydrogen (secondary N) is 2. The lowest BCUT2D eigenvalue weighted by Gasteiger charge is -2.26. The highest BCUT2D eigenvalue weighted by molar-refractivity contribution is 9.10. The molecule has 90 valence electrons. The van der Waals surface area contributed by atoms with Gasteiger partial charge in [-0.2, -0.15) is 5.10 Å². The molecule has 0 radical (unpaired) electrons. The van der Waals surface area contributed by atoms with Crippen LogP contribution in [0.3, 0.4) is 0 Å². The van der Waals surface area contributed by atoms with Gasteiger partial charge in [0.2, 0.25) is 0 Å². The summed E-state index contributed by atoms with van der Waals surface area (Å²) in [6, 6.07) is 0. The highest BCUT2D eigenvalue weighted by Gasteiger charge is 2.09. The Hall–Kier alpha value is -0.390. The maximum absolute atomic E-state index is 3.97. The fourth-order valence-corrected chi connectivity index (χ4v) is 2.39. The zero-order valence-corrected chi connectivity index (χ0v) is 11.1. The summed E-state index contributed by atoms with van der Waals surface area (Å²) in [6.07, 6.45) is 5.94. The van der Waals surface area contributed by atoms with Crippen LogP contribution in [0.15, 0.2) is 10.7 Å². The third-order valence-electron chi connectivity index (χ3n) is 3.02. The molecule has 2 rings (SSSR count). The van der Waals surface area contributed by atoms with Crippen LogP contribution in [-0.2, 0) is 6.54 Å². The van der Waals surface area contributed by atoms with E-state index in [1.165, 1.54) is 32.4 Å². The lowest BCUT2D eigenvalue weighted by molar-refractivity contribution is 0.229. The SMILES string of the molecule is Brc1cn[nH]c1CNCCN1CCCCC1. The molecule has 1 aliphatic heterocycles. The summed E-state index contributed by atoms with van der Waals surface area (Å²) >= 11 is 3.45. The molecule has 0 bridgehead atoms. The smallest absolute Gasteiger partial charge is 0.0633 e. The molecule has 1 aromatic heterocycles. The van der Waals surface area contributed by atoms with E-state index in [2.05, 4.69) is 36.3 Å². The van der Waals surface area contributed by atoms with Crippen LogP contribution in [0, 0.1) is 0 Å². The number of piperidine rings is 1. The van der Waals surface area contributed by atoms with Gasteiger partial charge in [0.1, 0.15) is 0 Å². The first-order valence-electron chi connectivity index (χ1n) is 5.97. The Morgan fingerprint density at radius 2 is 2.19 bits per heavy atom. The zero-order valence-electron chi connectivity index (χ0n) is 9.51. The van der Waals surface area contributed by atoms with Gasteiger partial charge in [0, 0.05) is 19.6 Å². The van der Waals surface area contributed by atoms with Crippen LogP contribution in [-0.4, -0.2) is 41.3 Å². The molecule has 0 spiro atoms. The number of hydrogen-bond acceptors (Lipinski definition) is 3. The van der Waals surface area contributed by atoms with E-state index in [9.17, 15) is 0 Å². The summed E-state index contributed by atoms with van der Waals surface area (Å²) in [5, 5.41) is 10.4. The van der Waals surface area contributed by atoms with Crippen LogP contribution in [0.1, 0.15) is 25.0 Å². The number of likely N-dealkylation sites (tertiary alicyclic amines) is 1. The Morgan fingerprint density at radius 3 is 2.88 bits per heavy atom. The second-order valence-electron chi connectivity index (χ2n) is 4.28. The van der Waals surface area contributed by atoms with Crippen molar-refractivity contribution in [2.75, 3.05) is 26.2 Å². The molecule has 0 aromatic carbocycles. The van der Waals surface area contributed by atoms with E-state index >= 15 is 0 Å². The minimum atomic E-state index is 0.856. The van der Waals surface area contributed by atoms with Gasteiger partial charge in [-0.05, 0) is 41.9 Å². The number of halogens is 1. The first-order chi connectivity index (χ1) is 7.86. The Labute approximate surface area is 105 Å². The van der Waals surface area contributed by atoms with E-state index in [0.717, 1.165) is 29.8 Å². The molecule has 1 aromatic rings. The van der Waals surface area contributed by atoms with Crippen LogP contribution in [0.4, 0.5) is 0 Å². The molecule has 0 aliphatic carbocycles. The van der Waals surface area contributed by atoms with Crippen molar-refractivity contribution in [3.8, 4) is 0 Å². The monoisotopic (exact) mass is 286 g/mol. The van der Waals surface area contributed by atoms with Crippen molar-refractivity contribution in [3.63, 3.8) is 0 Å². The van der Waals surface area contributed by atoms with Crippen molar-refractivity contribution in [3.05, 3.63) is 16.4 Å². The molecule has 16 heavy (non-hydrogen) atoms. The van der Waals surface area contributed by atoms with Crippen molar-refractivity contribution < 1.29 is 0 Å². The second kappa shape index (κ2) is 6.37. The zero-order chi connectivity index (χ0) is 11.2. The van der Waals surface area contributed by atoms with Crippen molar-refractivity contribution >= 4 is 15.9 Å². The van der Waals surface area contributed by atoms with Crippen LogP contribution < -0.4 is 5.32 Å². The summed E-state index contributed by atoms with van der Waals surface area (Å²) in [6.45, 7) is 5.61. The summed E-state index contributed by atoms with van der Waals surface area (Å²) in [4.78, 5) is 2.54. The van der Waals surface area contributed by atoms with Crippen LogP contribution >= 0.6 is 15.9 Å². The first-order valence-corrected chi connectivity index (χ1v) is 6.76. The molecule has 5 heteroatoms. The average molecular weight is 287 g/mol. The number of rotatable bonds is 5. The lowest BCUT2D eigenvalue weighted by atomic mass is 10.1. The molecule has 2 N–H and O–H groups in total. The minimum absolute atomic E-state index is 0.856. The van der Waals surface area contributed by atoms with E-state index in [1.807, 2.05) is 0 Å². The van der Waals surface area contributed by atoms with E-state index in [1.54, 1.807) is 6.20 Å². The van der Waals surface area contributed by atoms with Crippen LogP contribution in [0.25, 0.3) is 0 Å². The number of aromatic nitrogens is 2. The molecule has 2 heterocycles. The molecule has 0 amide bonds. The van der Waals surface area contributed by atoms with Gasteiger partial charge in [0.15, 0.2) is 0 Å². The Balaban J connectivity index is 1.59. The standard InChI is InChI=1S/C11H19BrN4/c12-10-8-14-15-11(10)9-13-4-7-16-5-2-1-3-6-16/h8,13H,1-7,9H2,(H,14,15). The highest BCUT2D eigenvalue weighted by Crippen LogP contribution is 2.12. The first kappa shape index (κ1) is 12.1. The number of nitrogens with zero attached hydrogens (tertiary/aromatic N) is 2. The molecule has 0 atom stereocenters. The van der Waals surface area contributed by atoms with E-state index < -0.39 is 0 Å². The normalized spacial score (nSPS) is 17.8. The molecule has 4 nitrogen and oxygen atoms in total. The van der Waals surface area contributed by atoms with Gasteiger partial charge in [-0.3, -0.25) is 5.10 Å². The molecule has 1 aliphatic rings. The number of aromatic amines is 1. The molecule has 0 unspecified atom stereocenters. The predicted octanol–water partition coefficient (Wildman–Crippen LogP) is 1.75. The van der Waals surface area contributed by atoms with Crippen LogP contribution in [0.5, 0.6) is 0 Å². The summed E-state index contributed by atoms with van der Waals surface area (Å²) in [7, 11) is 0. The van der Waals surface area contributed by atoms with Gasteiger partial charge in [-0.1, -0.05) is 6.42 Å². The van der Waals surface area contributed by atoms with Gasteiger partial charge in [-0.25, -0.2) is 0 Å². The Kier molecular flexibility index (Phi) is 4.81. The quantitative estimate of drug-likeness (QED) is 0.811. The van der Waals surface area contributed by atoms with E-state index in [4.69, 9.17) is 0 Å². The maximum atomic E-state index is 3.97. The number of hydrogen-bond donors (Lipinski definition) is 2. The molecular formula is C11H19BrN4. The molecule has 1 fully saturated rings. The summed E-state index contributed by atoms with van der Waals surface area (Å²) < 4.78 is 1.05. The third kappa shape index (κ3) is 3.57. The lowest BCUT2D eigenvalue weighted by Crippen LogP contribution is -2.35. The average Bonchev–Trinajstić information content (AvgIpc) is 2.72. The van der Waals surface area contributed by atoms with Gasteiger partial charge in [-0.15, -0.1) is 0 Å². The van der Waals surface area contributed by atoms with Crippen LogP contribution in [0.2, 0.25) is 0 Å². The highest BCUT2D eigenvalue weighted by atomic mass is 79.9. The van der Waals surface area contributed by atoms with Crippen molar-refractivity contribution in [2.24, 2.45) is 0 Å². The van der Waals surface area contributed by atoms with E-state index in [-0.39, 0.29) is 0 Å². The van der Waals surface area contributed by atoms with Gasteiger partial charge in [0.05, 0.1) is 16.4 Å². The second-order valence-corrected chi connectivity index (χ2v) is 5.13. The minimum Gasteiger partial charge on any atom is -0.310 e. The van der Waals surface area contributed by atoms with Crippen molar-refractivity contribution in [2.45, 2.75) is 25.8 Å². The summed E-state index contributed by atoms with van der Waals surface area (Å²) in [5.74, 6) is 0. The topological polar surface area (TPSA) is 44.0 Å². The predicted molar refractivity (Wildman–Crippen MR) is 68.3 cm³/mol. The Morgan fingerprint density at radius 1 is 1.38 bits per heavy atom. The van der Waals surface area contributed by atoms with Gasteiger partial charge in [0.25, 0.3) is 0 Å². The third-order valence-corrected chi connectivity index (χ3v) is 3.70. The molecular weight excluding hydrogens is 268 g/mol. The number of H-pyrrole nitrogens is 1. The van der Waals surface area contributed by atoms with Gasteiger partial charge < -0.3 is 10.2 Å². The maximum Gasteiger partial charge on any atom is 0.0633 e. The molecule has 1 saturated heterocycles.